The summed E-state index contributed by atoms with van der Waals surface area (Å²) in [6, 6.07) is 5.27. The number of nitrogens with zero attached hydrogens (tertiary/aromatic N) is 3. The molecular weight excluding hydrogens is 460 g/mol. The standard InChI is InChI=1S/C23H36N4O4S2/c1-15-21(27(6)22(24-15)32-14-23(2,3)29)16-7-12-19(26(4)5)20(13-16)33(30,31)25-17-8-10-18(28)11-9-17/h7,12-13,17-18,25,28-29H,8-11,14H2,1-6H3. The molecule has 0 bridgehead atoms. The number of aliphatic hydroxyl groups excluding tert-OH is 1. The van der Waals surface area contributed by atoms with Crippen molar-refractivity contribution >= 4 is 27.5 Å². The number of anilines is 1. The van der Waals surface area contributed by atoms with Crippen molar-refractivity contribution in [3.05, 3.63) is 23.9 Å². The van der Waals surface area contributed by atoms with Gasteiger partial charge in [-0.15, -0.1) is 0 Å². The Balaban J connectivity index is 1.98. The van der Waals surface area contributed by atoms with Crippen LogP contribution in [0.1, 0.15) is 45.2 Å². The largest absolute Gasteiger partial charge is 0.393 e. The van der Waals surface area contributed by atoms with E-state index in [1.807, 2.05) is 44.8 Å². The first kappa shape index (κ1) is 26.0. The highest BCUT2D eigenvalue weighted by atomic mass is 32.2. The highest BCUT2D eigenvalue weighted by molar-refractivity contribution is 7.99. The maximum absolute atomic E-state index is 13.4. The normalized spacial score (nSPS) is 19.6. The Morgan fingerprint density at radius 2 is 1.88 bits per heavy atom. The van der Waals surface area contributed by atoms with Crippen LogP contribution < -0.4 is 9.62 Å². The summed E-state index contributed by atoms with van der Waals surface area (Å²) >= 11 is 1.47. The number of hydrogen-bond acceptors (Lipinski definition) is 7. The molecule has 1 aromatic heterocycles. The summed E-state index contributed by atoms with van der Waals surface area (Å²) in [4.78, 5) is 6.68. The first-order valence-electron chi connectivity index (χ1n) is 11.2. The molecule has 0 aliphatic heterocycles. The fraction of sp³-hybridized carbons (Fsp3) is 0.609. The minimum absolute atomic E-state index is 0.180. The number of aromatic nitrogens is 2. The third-order valence-electron chi connectivity index (χ3n) is 5.81. The van der Waals surface area contributed by atoms with E-state index in [9.17, 15) is 18.6 Å². The zero-order chi connectivity index (χ0) is 24.6. The van der Waals surface area contributed by atoms with Crippen LogP contribution in [0.3, 0.4) is 0 Å². The molecule has 184 valence electrons. The molecule has 0 radical (unpaired) electrons. The van der Waals surface area contributed by atoms with Crippen LogP contribution in [0, 0.1) is 6.92 Å². The second-order valence-corrected chi connectivity index (χ2v) is 12.3. The Morgan fingerprint density at radius 3 is 2.45 bits per heavy atom. The zero-order valence-corrected chi connectivity index (χ0v) is 21.9. The molecule has 3 N–H and O–H groups in total. The predicted molar refractivity (Wildman–Crippen MR) is 133 cm³/mol. The van der Waals surface area contributed by atoms with E-state index in [2.05, 4.69) is 9.71 Å². The molecule has 0 spiro atoms. The van der Waals surface area contributed by atoms with Crippen LogP contribution in [0.5, 0.6) is 0 Å². The van der Waals surface area contributed by atoms with Crippen molar-refractivity contribution in [2.45, 2.75) is 74.3 Å². The van der Waals surface area contributed by atoms with Crippen molar-refractivity contribution in [2.24, 2.45) is 7.05 Å². The van der Waals surface area contributed by atoms with Gasteiger partial charge in [0.05, 0.1) is 28.8 Å². The summed E-state index contributed by atoms with van der Waals surface area (Å²) in [7, 11) is 1.78. The summed E-state index contributed by atoms with van der Waals surface area (Å²) in [6.07, 6.45) is 2.11. The molecule has 3 rings (SSSR count). The fourth-order valence-electron chi connectivity index (χ4n) is 4.11. The molecule has 1 aliphatic carbocycles. The number of benzene rings is 1. The van der Waals surface area contributed by atoms with Gasteiger partial charge in [0.25, 0.3) is 0 Å². The number of thioether (sulfide) groups is 1. The van der Waals surface area contributed by atoms with Crippen LogP contribution in [0.15, 0.2) is 28.3 Å². The van der Waals surface area contributed by atoms with Crippen molar-refractivity contribution in [2.75, 3.05) is 24.7 Å². The lowest BCUT2D eigenvalue weighted by Crippen LogP contribution is -2.39. The maximum atomic E-state index is 13.4. The summed E-state index contributed by atoms with van der Waals surface area (Å²) in [5, 5.41) is 20.6. The second-order valence-electron chi connectivity index (χ2n) is 9.69. The molecule has 33 heavy (non-hydrogen) atoms. The molecule has 1 aromatic carbocycles. The molecule has 0 unspecified atom stereocenters. The SMILES string of the molecule is Cc1nc(SCC(C)(C)O)n(C)c1-c1ccc(N(C)C)c(S(=O)(=O)NC2CCC(O)CC2)c1. The van der Waals surface area contributed by atoms with Gasteiger partial charge in [-0.3, -0.25) is 0 Å². The number of aryl methyl sites for hydroxylation is 1. The van der Waals surface area contributed by atoms with E-state index in [0.717, 1.165) is 22.1 Å². The second kappa shape index (κ2) is 9.95. The fourth-order valence-corrected chi connectivity index (χ4v) is 6.68. The Hall–Kier alpha value is -1.59. The molecule has 10 heteroatoms. The number of rotatable bonds is 8. The van der Waals surface area contributed by atoms with Gasteiger partial charge in [-0.1, -0.05) is 17.8 Å². The molecule has 1 saturated carbocycles. The zero-order valence-electron chi connectivity index (χ0n) is 20.3. The van der Waals surface area contributed by atoms with E-state index in [1.54, 1.807) is 24.8 Å². The van der Waals surface area contributed by atoms with E-state index >= 15 is 0 Å². The van der Waals surface area contributed by atoms with Gasteiger partial charge >= 0.3 is 0 Å². The van der Waals surface area contributed by atoms with E-state index < -0.39 is 15.6 Å². The summed E-state index contributed by atoms with van der Waals surface area (Å²) in [5.41, 5.74) is 2.20. The molecule has 0 saturated heterocycles. The lowest BCUT2D eigenvalue weighted by Gasteiger charge is -2.27. The van der Waals surface area contributed by atoms with Crippen LogP contribution in [0.25, 0.3) is 11.3 Å². The van der Waals surface area contributed by atoms with Crippen molar-refractivity contribution in [3.63, 3.8) is 0 Å². The number of aliphatic hydroxyl groups is 2. The average Bonchev–Trinajstić information content (AvgIpc) is 3.00. The number of hydrogen-bond donors (Lipinski definition) is 3. The van der Waals surface area contributed by atoms with Gasteiger partial charge in [0.2, 0.25) is 10.0 Å². The van der Waals surface area contributed by atoms with Gasteiger partial charge in [0.1, 0.15) is 4.90 Å². The summed E-state index contributed by atoms with van der Waals surface area (Å²) in [6.45, 7) is 5.42. The average molecular weight is 497 g/mol. The number of imidazole rings is 1. The Kier molecular flexibility index (Phi) is 7.85. The topological polar surface area (TPSA) is 108 Å². The van der Waals surface area contributed by atoms with Gasteiger partial charge in [-0.2, -0.15) is 0 Å². The van der Waals surface area contributed by atoms with Gasteiger partial charge < -0.3 is 19.7 Å². The first-order chi connectivity index (χ1) is 15.3. The van der Waals surface area contributed by atoms with Gasteiger partial charge in [0.15, 0.2) is 5.16 Å². The minimum atomic E-state index is -3.77. The van der Waals surface area contributed by atoms with Crippen molar-refractivity contribution < 1.29 is 18.6 Å². The number of sulfonamides is 1. The van der Waals surface area contributed by atoms with E-state index in [-0.39, 0.29) is 17.0 Å². The van der Waals surface area contributed by atoms with Crippen LogP contribution in [0.4, 0.5) is 5.69 Å². The molecule has 1 aliphatic rings. The molecule has 0 atom stereocenters. The van der Waals surface area contributed by atoms with Crippen molar-refractivity contribution in [3.8, 4) is 11.3 Å². The Labute approximate surface area is 201 Å². The maximum Gasteiger partial charge on any atom is 0.242 e. The van der Waals surface area contributed by atoms with Crippen LogP contribution >= 0.6 is 11.8 Å². The van der Waals surface area contributed by atoms with E-state index in [1.165, 1.54) is 11.8 Å². The predicted octanol–water partition coefficient (Wildman–Crippen LogP) is 2.91. The van der Waals surface area contributed by atoms with Crippen LogP contribution in [-0.2, 0) is 17.1 Å². The minimum Gasteiger partial charge on any atom is -0.393 e. The van der Waals surface area contributed by atoms with Crippen molar-refractivity contribution in [1.29, 1.82) is 0 Å². The third kappa shape index (κ3) is 6.30. The quantitative estimate of drug-likeness (QED) is 0.482. The molecule has 0 amide bonds. The summed E-state index contributed by atoms with van der Waals surface area (Å²) < 4.78 is 31.7. The highest BCUT2D eigenvalue weighted by Crippen LogP contribution is 2.34. The lowest BCUT2D eigenvalue weighted by atomic mass is 9.94. The van der Waals surface area contributed by atoms with E-state index in [4.69, 9.17) is 0 Å². The molecule has 2 aromatic rings. The van der Waals surface area contributed by atoms with Crippen LogP contribution in [-0.4, -0.2) is 65.8 Å². The first-order valence-corrected chi connectivity index (χ1v) is 13.7. The van der Waals surface area contributed by atoms with E-state index in [0.29, 0.717) is 37.1 Å². The molecule has 1 heterocycles. The summed E-state index contributed by atoms with van der Waals surface area (Å²) in [5.74, 6) is 0.496. The molecular formula is C23H36N4O4S2. The van der Waals surface area contributed by atoms with Gasteiger partial charge in [0, 0.05) is 38.5 Å². The molecule has 8 nitrogen and oxygen atoms in total. The van der Waals surface area contributed by atoms with Gasteiger partial charge in [-0.05, 0) is 58.6 Å². The Bertz CT molecular complexity index is 1080. The smallest absolute Gasteiger partial charge is 0.242 e. The molecule has 1 fully saturated rings. The van der Waals surface area contributed by atoms with Gasteiger partial charge in [-0.25, -0.2) is 18.1 Å². The Morgan fingerprint density at radius 1 is 1.24 bits per heavy atom. The number of nitrogens with one attached hydrogen (secondary N) is 1. The monoisotopic (exact) mass is 496 g/mol. The van der Waals surface area contributed by atoms with Crippen LogP contribution in [0.2, 0.25) is 0 Å². The highest BCUT2D eigenvalue weighted by Gasteiger charge is 2.28. The van der Waals surface area contributed by atoms with Crippen molar-refractivity contribution in [1.82, 2.24) is 14.3 Å². The third-order valence-corrected chi connectivity index (χ3v) is 8.83. The lowest BCUT2D eigenvalue weighted by molar-refractivity contribution is 0.107.